The Morgan fingerprint density at radius 3 is 2.37 bits per heavy atom. The number of carbonyl (C=O) groups is 2. The fourth-order valence-electron chi connectivity index (χ4n) is 3.14. The van der Waals surface area contributed by atoms with Crippen LogP contribution < -0.4 is 15.5 Å². The highest BCUT2D eigenvalue weighted by Gasteiger charge is 2.26. The molecule has 0 radical (unpaired) electrons. The standard InChI is InChI=1S/C22H22N4O4/c1-15(22(28)24-19-11-5-6-13-20(19)26(29)30)25(2)14-21(27)23-18-12-7-9-16-8-3-4-10-17(16)18/h3-13,15H,14H2,1-2H3,(H,23,27)(H,24,28)/p+1/t15-/m1/s1. The van der Waals surface area contributed by atoms with Gasteiger partial charge in [0.1, 0.15) is 5.69 Å². The van der Waals surface area contributed by atoms with Crippen molar-refractivity contribution in [3.63, 3.8) is 0 Å². The molecular weight excluding hydrogens is 384 g/mol. The maximum Gasteiger partial charge on any atom is 0.292 e. The second kappa shape index (κ2) is 9.15. The number of benzene rings is 3. The van der Waals surface area contributed by atoms with Gasteiger partial charge in [-0.2, -0.15) is 0 Å². The van der Waals surface area contributed by atoms with Crippen molar-refractivity contribution in [1.29, 1.82) is 0 Å². The van der Waals surface area contributed by atoms with Crippen LogP contribution in [0.3, 0.4) is 0 Å². The van der Waals surface area contributed by atoms with Gasteiger partial charge in [-0.05, 0) is 24.4 Å². The maximum absolute atomic E-state index is 12.6. The number of nitrogens with one attached hydrogen (secondary N) is 3. The predicted octanol–water partition coefficient (Wildman–Crippen LogP) is 2.23. The van der Waals surface area contributed by atoms with E-state index in [9.17, 15) is 19.7 Å². The van der Waals surface area contributed by atoms with Crippen LogP contribution in [-0.2, 0) is 9.59 Å². The van der Waals surface area contributed by atoms with Crippen LogP contribution in [0, 0.1) is 10.1 Å². The van der Waals surface area contributed by atoms with Crippen LogP contribution in [0.5, 0.6) is 0 Å². The number of hydrogen-bond donors (Lipinski definition) is 3. The fraction of sp³-hybridized carbons (Fsp3) is 0.182. The van der Waals surface area contributed by atoms with E-state index in [2.05, 4.69) is 10.6 Å². The molecule has 0 aliphatic heterocycles. The highest BCUT2D eigenvalue weighted by molar-refractivity contribution is 6.02. The molecule has 0 saturated carbocycles. The summed E-state index contributed by atoms with van der Waals surface area (Å²) in [4.78, 5) is 36.3. The summed E-state index contributed by atoms with van der Waals surface area (Å²) >= 11 is 0. The average molecular weight is 407 g/mol. The zero-order chi connectivity index (χ0) is 21.7. The first-order valence-electron chi connectivity index (χ1n) is 9.51. The number of fused-ring (bicyclic) bond motifs is 1. The van der Waals surface area contributed by atoms with Crippen molar-refractivity contribution in [2.24, 2.45) is 0 Å². The van der Waals surface area contributed by atoms with Gasteiger partial charge in [-0.3, -0.25) is 19.7 Å². The normalized spacial score (nSPS) is 12.7. The minimum absolute atomic E-state index is 0.0642. The van der Waals surface area contributed by atoms with E-state index in [1.165, 1.54) is 18.2 Å². The second-order valence-corrected chi connectivity index (χ2v) is 7.08. The van der Waals surface area contributed by atoms with Crippen molar-refractivity contribution in [1.82, 2.24) is 0 Å². The molecule has 3 N–H and O–H groups in total. The molecule has 0 saturated heterocycles. The number of hydrogen-bond acceptors (Lipinski definition) is 4. The summed E-state index contributed by atoms with van der Waals surface area (Å²) in [6.45, 7) is 1.74. The first kappa shape index (κ1) is 20.9. The predicted molar refractivity (Wildman–Crippen MR) is 116 cm³/mol. The number of likely N-dealkylation sites (N-methyl/N-ethyl adjacent to an activating group) is 1. The minimum Gasteiger partial charge on any atom is -0.321 e. The molecule has 0 aliphatic rings. The van der Waals surface area contributed by atoms with E-state index in [0.29, 0.717) is 10.6 Å². The number of rotatable bonds is 7. The van der Waals surface area contributed by atoms with Gasteiger partial charge in [-0.15, -0.1) is 0 Å². The molecule has 8 heteroatoms. The number of carbonyl (C=O) groups excluding carboxylic acids is 2. The summed E-state index contributed by atoms with van der Waals surface area (Å²) < 4.78 is 0. The summed E-state index contributed by atoms with van der Waals surface area (Å²) in [5, 5.41) is 18.6. The third kappa shape index (κ3) is 4.79. The molecule has 1 unspecified atom stereocenters. The van der Waals surface area contributed by atoms with Gasteiger partial charge >= 0.3 is 0 Å². The molecule has 0 aromatic heterocycles. The zero-order valence-corrected chi connectivity index (χ0v) is 16.7. The Balaban J connectivity index is 1.63. The van der Waals surface area contributed by atoms with Crippen LogP contribution in [0.15, 0.2) is 66.7 Å². The number of nitro groups is 1. The van der Waals surface area contributed by atoms with Crippen LogP contribution in [0.2, 0.25) is 0 Å². The van der Waals surface area contributed by atoms with E-state index in [4.69, 9.17) is 0 Å². The van der Waals surface area contributed by atoms with Gasteiger partial charge in [-0.25, -0.2) is 0 Å². The molecule has 3 aromatic carbocycles. The van der Waals surface area contributed by atoms with Crippen LogP contribution in [0.4, 0.5) is 17.1 Å². The minimum atomic E-state index is -0.594. The molecule has 3 aromatic rings. The Labute approximate surface area is 173 Å². The monoisotopic (exact) mass is 407 g/mol. The molecular formula is C22H23N4O4+. The number of quaternary nitrogens is 1. The van der Waals surface area contributed by atoms with Crippen molar-refractivity contribution < 1.29 is 19.4 Å². The first-order valence-corrected chi connectivity index (χ1v) is 9.51. The third-order valence-electron chi connectivity index (χ3n) is 4.99. The molecule has 8 nitrogen and oxygen atoms in total. The first-order chi connectivity index (χ1) is 14.4. The van der Waals surface area contributed by atoms with Crippen molar-refractivity contribution >= 4 is 39.6 Å². The Morgan fingerprint density at radius 1 is 0.967 bits per heavy atom. The van der Waals surface area contributed by atoms with Gasteiger partial charge < -0.3 is 15.5 Å². The molecule has 2 atom stereocenters. The number of nitro benzene ring substituents is 1. The Kier molecular flexibility index (Phi) is 6.38. The molecule has 0 bridgehead atoms. The number of para-hydroxylation sites is 2. The SMILES string of the molecule is C[C@H](C(=O)Nc1ccccc1[N+](=O)[O-])[NH+](C)CC(=O)Nc1cccc2ccccc12. The summed E-state index contributed by atoms with van der Waals surface area (Å²) in [5.41, 5.74) is 0.666. The molecule has 0 fully saturated rings. The summed E-state index contributed by atoms with van der Waals surface area (Å²) in [7, 11) is 1.73. The lowest BCUT2D eigenvalue weighted by Crippen LogP contribution is -3.14. The van der Waals surface area contributed by atoms with Crippen LogP contribution >= 0.6 is 0 Å². The fourth-order valence-corrected chi connectivity index (χ4v) is 3.14. The van der Waals surface area contributed by atoms with E-state index in [0.717, 1.165) is 10.8 Å². The van der Waals surface area contributed by atoms with Crippen molar-refractivity contribution in [2.45, 2.75) is 13.0 Å². The van der Waals surface area contributed by atoms with Crippen molar-refractivity contribution in [3.05, 3.63) is 76.8 Å². The zero-order valence-electron chi connectivity index (χ0n) is 16.7. The number of anilines is 2. The Morgan fingerprint density at radius 2 is 1.60 bits per heavy atom. The van der Waals surface area contributed by atoms with Gasteiger partial charge in [0.2, 0.25) is 0 Å². The summed E-state index contributed by atoms with van der Waals surface area (Å²) in [6, 6.07) is 18.8. The van der Waals surface area contributed by atoms with E-state index in [-0.39, 0.29) is 23.8 Å². The van der Waals surface area contributed by atoms with Gasteiger partial charge in [0.15, 0.2) is 12.6 Å². The quantitative estimate of drug-likeness (QED) is 0.412. The molecule has 30 heavy (non-hydrogen) atoms. The van der Waals surface area contributed by atoms with Gasteiger partial charge in [0.25, 0.3) is 17.5 Å². The molecule has 0 aliphatic carbocycles. The van der Waals surface area contributed by atoms with Crippen molar-refractivity contribution in [2.75, 3.05) is 24.2 Å². The largest absolute Gasteiger partial charge is 0.321 e. The Hall–Kier alpha value is -3.78. The van der Waals surface area contributed by atoms with E-state index >= 15 is 0 Å². The third-order valence-corrected chi connectivity index (χ3v) is 4.99. The topological polar surface area (TPSA) is 106 Å². The number of nitrogens with zero attached hydrogens (tertiary/aromatic N) is 1. The summed E-state index contributed by atoms with van der Waals surface area (Å²) in [6.07, 6.45) is 0. The van der Waals surface area contributed by atoms with Crippen LogP contribution in [-0.4, -0.2) is 36.4 Å². The highest BCUT2D eigenvalue weighted by atomic mass is 16.6. The van der Waals surface area contributed by atoms with E-state index in [1.807, 2.05) is 42.5 Å². The van der Waals surface area contributed by atoms with Crippen LogP contribution in [0.1, 0.15) is 6.92 Å². The van der Waals surface area contributed by atoms with E-state index < -0.39 is 16.9 Å². The molecule has 154 valence electrons. The Bertz CT molecular complexity index is 1090. The van der Waals surface area contributed by atoms with Gasteiger partial charge in [0, 0.05) is 17.1 Å². The van der Waals surface area contributed by atoms with Crippen molar-refractivity contribution in [3.8, 4) is 0 Å². The molecule has 2 amide bonds. The second-order valence-electron chi connectivity index (χ2n) is 7.08. The van der Waals surface area contributed by atoms with Gasteiger partial charge in [0.05, 0.1) is 12.0 Å². The summed E-state index contributed by atoms with van der Waals surface area (Å²) in [5.74, 6) is -0.631. The highest BCUT2D eigenvalue weighted by Crippen LogP contribution is 2.23. The number of amides is 2. The molecule has 3 rings (SSSR count). The lowest BCUT2D eigenvalue weighted by Gasteiger charge is -2.20. The lowest BCUT2D eigenvalue weighted by molar-refractivity contribution is -0.885. The smallest absolute Gasteiger partial charge is 0.292 e. The maximum atomic E-state index is 12.6. The van der Waals surface area contributed by atoms with E-state index in [1.54, 1.807) is 20.0 Å². The van der Waals surface area contributed by atoms with Crippen LogP contribution in [0.25, 0.3) is 10.8 Å². The average Bonchev–Trinajstić information content (AvgIpc) is 2.73. The van der Waals surface area contributed by atoms with Gasteiger partial charge in [-0.1, -0.05) is 48.5 Å². The lowest BCUT2D eigenvalue weighted by atomic mass is 10.1. The molecule has 0 spiro atoms. The molecule has 0 heterocycles.